The van der Waals surface area contributed by atoms with Crippen LogP contribution in [-0.2, 0) is 6.54 Å². The van der Waals surface area contributed by atoms with E-state index in [-0.39, 0.29) is 0 Å². The number of guanidine groups is 1. The molecule has 0 saturated carbocycles. The quantitative estimate of drug-likeness (QED) is 0.670. The average Bonchev–Trinajstić information content (AvgIpc) is 2.92. The molecule has 1 fully saturated rings. The molecule has 0 bridgehead atoms. The molecule has 1 aromatic rings. The number of aromatic nitrogens is 1. The molecule has 1 aromatic heterocycles. The average molecular weight is 349 g/mol. The molecule has 1 aliphatic heterocycles. The molecule has 23 heavy (non-hydrogen) atoms. The first-order valence-electron chi connectivity index (χ1n) is 7.48. The number of nitrogens with one attached hydrogen (secondary N) is 1. The first-order valence-corrected chi connectivity index (χ1v) is 8.36. The highest BCUT2D eigenvalue weighted by atomic mass is 32.1. The van der Waals surface area contributed by atoms with E-state index in [1.54, 1.807) is 23.9 Å². The second-order valence-electron chi connectivity index (χ2n) is 5.50. The maximum Gasteiger partial charge on any atom is 0.403 e. The van der Waals surface area contributed by atoms with E-state index < -0.39 is 12.2 Å². The number of aryl methyl sites for hydroxylation is 1. The van der Waals surface area contributed by atoms with Crippen molar-refractivity contribution in [3.8, 4) is 0 Å². The Labute approximate surface area is 138 Å². The molecule has 2 heterocycles. The number of hydrogen-bond acceptors (Lipinski definition) is 4. The lowest BCUT2D eigenvalue weighted by Gasteiger charge is -2.39. The largest absolute Gasteiger partial charge is 0.403 e. The van der Waals surface area contributed by atoms with Crippen molar-refractivity contribution in [2.45, 2.75) is 32.6 Å². The second-order valence-corrected chi connectivity index (χ2v) is 6.44. The van der Waals surface area contributed by atoms with Crippen LogP contribution in [0.1, 0.15) is 17.5 Å². The fourth-order valence-electron chi connectivity index (χ4n) is 2.52. The van der Waals surface area contributed by atoms with Gasteiger partial charge in [-0.2, -0.15) is 13.2 Å². The van der Waals surface area contributed by atoms with Gasteiger partial charge in [0.1, 0.15) is 6.04 Å². The summed E-state index contributed by atoms with van der Waals surface area (Å²) in [6.07, 6.45) is -4.17. The van der Waals surface area contributed by atoms with Gasteiger partial charge in [0, 0.05) is 38.1 Å². The van der Waals surface area contributed by atoms with Gasteiger partial charge in [-0.1, -0.05) is 0 Å². The molecule has 9 heteroatoms. The summed E-state index contributed by atoms with van der Waals surface area (Å²) in [5.41, 5.74) is 2.79. The van der Waals surface area contributed by atoms with Crippen LogP contribution in [0.5, 0.6) is 0 Å². The van der Waals surface area contributed by atoms with Gasteiger partial charge in [0.25, 0.3) is 0 Å². The number of piperazine rings is 1. The molecule has 0 aromatic carbocycles. The first kappa shape index (κ1) is 18.0. The van der Waals surface area contributed by atoms with E-state index in [1.807, 2.05) is 11.8 Å². The smallest absolute Gasteiger partial charge is 0.351 e. The van der Waals surface area contributed by atoms with E-state index in [0.29, 0.717) is 32.7 Å². The van der Waals surface area contributed by atoms with Crippen LogP contribution in [0, 0.1) is 6.92 Å². The maximum atomic E-state index is 12.8. The third-order valence-corrected chi connectivity index (χ3v) is 5.03. The van der Waals surface area contributed by atoms with Crippen molar-refractivity contribution < 1.29 is 13.2 Å². The molecule has 1 aliphatic rings. The van der Waals surface area contributed by atoms with Crippen LogP contribution in [-0.4, -0.2) is 66.2 Å². The van der Waals surface area contributed by atoms with Crippen LogP contribution in [0.3, 0.4) is 0 Å². The van der Waals surface area contributed by atoms with Crippen molar-refractivity contribution in [1.29, 1.82) is 0 Å². The molecule has 1 atom stereocenters. The predicted octanol–water partition coefficient (Wildman–Crippen LogP) is 2.10. The van der Waals surface area contributed by atoms with Crippen molar-refractivity contribution in [2.75, 3.05) is 33.2 Å². The van der Waals surface area contributed by atoms with Crippen LogP contribution in [0.25, 0.3) is 0 Å². The number of halogens is 3. The van der Waals surface area contributed by atoms with E-state index in [2.05, 4.69) is 15.3 Å². The molecule has 130 valence electrons. The second kappa shape index (κ2) is 7.48. The third kappa shape index (κ3) is 4.57. The summed E-state index contributed by atoms with van der Waals surface area (Å²) in [5.74, 6) is 0.720. The fourth-order valence-corrected chi connectivity index (χ4v) is 3.23. The molecular formula is C14H22F3N5S. The Morgan fingerprint density at radius 3 is 2.52 bits per heavy atom. The van der Waals surface area contributed by atoms with E-state index in [1.165, 1.54) is 11.8 Å². The lowest BCUT2D eigenvalue weighted by molar-refractivity contribution is -0.181. The Bertz CT molecular complexity index is 535. The molecule has 0 aliphatic carbocycles. The Balaban J connectivity index is 1.86. The number of thiazole rings is 1. The van der Waals surface area contributed by atoms with Crippen LogP contribution in [0.2, 0.25) is 0 Å². The monoisotopic (exact) mass is 349 g/mol. The standard InChI is InChI=1S/C14H22F3N5S/c1-10-12(23-9-20-10)8-19-13(18-3)22-6-4-21(5-7-22)11(2)14(15,16)17/h9,11H,4-8H2,1-3H3,(H,18,19). The third-order valence-electron chi connectivity index (χ3n) is 4.10. The fraction of sp³-hybridized carbons (Fsp3) is 0.714. The van der Waals surface area contributed by atoms with Crippen molar-refractivity contribution >= 4 is 17.3 Å². The van der Waals surface area contributed by atoms with Gasteiger partial charge in [-0.25, -0.2) is 4.98 Å². The molecule has 0 amide bonds. The molecule has 0 spiro atoms. The van der Waals surface area contributed by atoms with Crippen LogP contribution in [0.15, 0.2) is 10.5 Å². The Morgan fingerprint density at radius 1 is 1.39 bits per heavy atom. The minimum absolute atomic E-state index is 0.376. The van der Waals surface area contributed by atoms with Crippen LogP contribution < -0.4 is 5.32 Å². The number of nitrogens with zero attached hydrogens (tertiary/aromatic N) is 4. The minimum atomic E-state index is -4.17. The van der Waals surface area contributed by atoms with Gasteiger partial charge in [0.2, 0.25) is 0 Å². The molecule has 1 N–H and O–H groups in total. The summed E-state index contributed by atoms with van der Waals surface area (Å²) < 4.78 is 38.3. The number of hydrogen-bond donors (Lipinski definition) is 1. The molecule has 1 unspecified atom stereocenters. The number of aliphatic imine (C=N–C) groups is 1. The molecule has 0 radical (unpaired) electrons. The van der Waals surface area contributed by atoms with Gasteiger partial charge >= 0.3 is 6.18 Å². The predicted molar refractivity (Wildman–Crippen MR) is 85.7 cm³/mol. The zero-order valence-corrected chi connectivity index (χ0v) is 14.3. The Hall–Kier alpha value is -1.35. The van der Waals surface area contributed by atoms with E-state index >= 15 is 0 Å². The zero-order valence-electron chi connectivity index (χ0n) is 13.5. The normalized spacial score (nSPS) is 19.0. The highest BCUT2D eigenvalue weighted by Gasteiger charge is 2.41. The highest BCUT2D eigenvalue weighted by molar-refractivity contribution is 7.09. The SMILES string of the molecule is CN=C(NCc1scnc1C)N1CCN(C(C)C(F)(F)F)CC1. The van der Waals surface area contributed by atoms with Gasteiger partial charge in [0.15, 0.2) is 5.96 Å². The van der Waals surface area contributed by atoms with Crippen molar-refractivity contribution in [1.82, 2.24) is 20.1 Å². The van der Waals surface area contributed by atoms with Crippen molar-refractivity contribution in [3.05, 3.63) is 16.1 Å². The van der Waals surface area contributed by atoms with Crippen molar-refractivity contribution in [2.24, 2.45) is 4.99 Å². The van der Waals surface area contributed by atoms with Crippen molar-refractivity contribution in [3.63, 3.8) is 0 Å². The lowest BCUT2D eigenvalue weighted by Crippen LogP contribution is -2.56. The summed E-state index contributed by atoms with van der Waals surface area (Å²) >= 11 is 1.58. The van der Waals surface area contributed by atoms with Gasteiger partial charge in [-0.3, -0.25) is 9.89 Å². The summed E-state index contributed by atoms with van der Waals surface area (Å²) in [6, 6.07) is -1.40. The van der Waals surface area contributed by atoms with E-state index in [4.69, 9.17) is 0 Å². The first-order chi connectivity index (χ1) is 10.8. The van der Waals surface area contributed by atoms with Gasteiger partial charge in [0.05, 0.1) is 17.7 Å². The summed E-state index contributed by atoms with van der Waals surface area (Å²) in [5, 5.41) is 3.26. The molecule has 1 saturated heterocycles. The van der Waals surface area contributed by atoms with Gasteiger partial charge < -0.3 is 10.2 Å². The number of alkyl halides is 3. The zero-order chi connectivity index (χ0) is 17.0. The minimum Gasteiger partial charge on any atom is -0.351 e. The number of rotatable bonds is 3. The maximum absolute atomic E-state index is 12.8. The van der Waals surface area contributed by atoms with Gasteiger partial charge in [-0.05, 0) is 13.8 Å². The van der Waals surface area contributed by atoms with Gasteiger partial charge in [-0.15, -0.1) is 11.3 Å². The Kier molecular flexibility index (Phi) is 5.85. The summed E-state index contributed by atoms with van der Waals surface area (Å²) in [4.78, 5) is 13.0. The topological polar surface area (TPSA) is 43.8 Å². The van der Waals surface area contributed by atoms with E-state index in [0.717, 1.165) is 16.5 Å². The molecule has 2 rings (SSSR count). The Morgan fingerprint density at radius 2 is 2.04 bits per heavy atom. The highest BCUT2D eigenvalue weighted by Crippen LogP contribution is 2.25. The van der Waals surface area contributed by atoms with Crippen LogP contribution in [0.4, 0.5) is 13.2 Å². The summed E-state index contributed by atoms with van der Waals surface area (Å²) in [7, 11) is 1.69. The molecule has 5 nitrogen and oxygen atoms in total. The van der Waals surface area contributed by atoms with Crippen LogP contribution >= 0.6 is 11.3 Å². The van der Waals surface area contributed by atoms with E-state index in [9.17, 15) is 13.2 Å². The molecular weight excluding hydrogens is 327 g/mol. The lowest BCUT2D eigenvalue weighted by atomic mass is 10.2. The summed E-state index contributed by atoms with van der Waals surface area (Å²) in [6.45, 7) is 5.61.